The largest absolute Gasteiger partial charge is 0.396 e. The van der Waals surface area contributed by atoms with Crippen molar-refractivity contribution in [1.29, 1.82) is 0 Å². The number of benzene rings is 1. The van der Waals surface area contributed by atoms with Gasteiger partial charge in [0.1, 0.15) is 0 Å². The van der Waals surface area contributed by atoms with Crippen molar-refractivity contribution in [3.05, 3.63) is 60.9 Å². The Morgan fingerprint density at radius 2 is 1.75 bits per heavy atom. The van der Waals surface area contributed by atoms with Gasteiger partial charge in [0, 0.05) is 23.7 Å². The molecule has 5 nitrogen and oxygen atoms in total. The van der Waals surface area contributed by atoms with Crippen molar-refractivity contribution in [2.24, 2.45) is 10.7 Å². The van der Waals surface area contributed by atoms with Gasteiger partial charge in [-0.25, -0.2) is 4.99 Å². The van der Waals surface area contributed by atoms with Gasteiger partial charge >= 0.3 is 0 Å². The van der Waals surface area contributed by atoms with Gasteiger partial charge in [0.05, 0.1) is 37.8 Å². The molecule has 1 fully saturated rings. The van der Waals surface area contributed by atoms with Crippen molar-refractivity contribution in [2.45, 2.75) is 39.0 Å². The monoisotopic (exact) mass is 511 g/mol. The van der Waals surface area contributed by atoms with E-state index >= 15 is 0 Å². The van der Waals surface area contributed by atoms with Crippen LogP contribution in [0.2, 0.25) is 14.4 Å². The fraction of sp³-hybridized carbons (Fsp3) is 0.348. The molecule has 2 N–H and O–H groups in total. The number of nitrogens with zero attached hydrogens (tertiary/aromatic N) is 2. The maximum atomic E-state index is 12.9. The van der Waals surface area contributed by atoms with Crippen LogP contribution in [0.4, 0.5) is 5.69 Å². The van der Waals surface area contributed by atoms with Crippen LogP contribution in [0.3, 0.4) is 0 Å². The molecule has 0 unspecified atom stereocenters. The highest BCUT2D eigenvalue weighted by molar-refractivity contribution is 7.18. The van der Waals surface area contributed by atoms with Gasteiger partial charge in [-0.2, -0.15) is 0 Å². The number of halogens is 3. The number of carbonyl (C=O) groups excluding carboxylic acids is 2. The van der Waals surface area contributed by atoms with E-state index in [9.17, 15) is 9.59 Å². The molecule has 1 aromatic heterocycles. The predicted octanol–water partition coefficient (Wildman–Crippen LogP) is 6.42. The first-order chi connectivity index (χ1) is 15.3. The molecule has 1 saturated heterocycles. The van der Waals surface area contributed by atoms with Gasteiger partial charge in [0.15, 0.2) is 5.78 Å². The molecule has 0 saturated carbocycles. The summed E-state index contributed by atoms with van der Waals surface area (Å²) in [4.78, 5) is 32.7. The summed E-state index contributed by atoms with van der Waals surface area (Å²) in [5.41, 5.74) is 7.64. The van der Waals surface area contributed by atoms with Gasteiger partial charge in [-0.3, -0.25) is 9.59 Å². The lowest BCUT2D eigenvalue weighted by Gasteiger charge is -2.20. The number of rotatable bonds is 6. The molecule has 0 bridgehead atoms. The third-order valence-corrected chi connectivity index (χ3v) is 7.05. The number of allylic oxidation sites excluding steroid dienone is 2. The molecule has 3 rings (SSSR count). The predicted molar refractivity (Wildman–Crippen MR) is 134 cm³/mol. The molecule has 170 valence electrons. The second-order valence-corrected chi connectivity index (χ2v) is 10.2. The Labute approximate surface area is 206 Å². The topological polar surface area (TPSA) is 75.8 Å². The molecular weight excluding hydrogens is 489 g/mol. The number of aliphatic imine (C=N–C) groups is 1. The fourth-order valence-corrected chi connectivity index (χ4v) is 5.00. The summed E-state index contributed by atoms with van der Waals surface area (Å²) >= 11 is 19.7. The fourth-order valence-electron chi connectivity index (χ4n) is 3.46. The standard InChI is InChI=1S/C23H24Cl3N3O2S/c1-14(22(27)18(30)13-21(31)29-10-4-2-3-5-11-29)23(19-8-9-20(26)32-19)28-17-7-6-15(24)12-16(17)25/h6-9,12H,2-5,10-11,13,27H2,1H3. The zero-order chi connectivity index (χ0) is 23.3. The Bertz CT molecular complexity index is 1070. The summed E-state index contributed by atoms with van der Waals surface area (Å²) in [6.45, 7) is 3.08. The summed E-state index contributed by atoms with van der Waals surface area (Å²) in [5, 5.41) is 0.857. The van der Waals surface area contributed by atoms with Crippen molar-refractivity contribution < 1.29 is 9.59 Å². The highest BCUT2D eigenvalue weighted by Gasteiger charge is 2.22. The Hall–Kier alpha value is -1.86. The molecule has 1 aliphatic rings. The molecule has 1 aliphatic heterocycles. The molecule has 0 radical (unpaired) electrons. The second-order valence-electron chi connectivity index (χ2n) is 7.59. The minimum absolute atomic E-state index is 0.00142. The number of hydrogen-bond acceptors (Lipinski definition) is 5. The van der Waals surface area contributed by atoms with Crippen molar-refractivity contribution in [2.75, 3.05) is 13.1 Å². The first kappa shape index (κ1) is 24.8. The van der Waals surface area contributed by atoms with Gasteiger partial charge in [-0.15, -0.1) is 11.3 Å². The highest BCUT2D eigenvalue weighted by atomic mass is 35.5. The lowest BCUT2D eigenvalue weighted by Crippen LogP contribution is -2.34. The minimum Gasteiger partial charge on any atom is -0.396 e. The summed E-state index contributed by atoms with van der Waals surface area (Å²) in [7, 11) is 0. The van der Waals surface area contributed by atoms with Crippen molar-refractivity contribution in [3.8, 4) is 0 Å². The number of amides is 1. The van der Waals surface area contributed by atoms with Crippen LogP contribution in [0, 0.1) is 0 Å². The second kappa shape index (κ2) is 11.3. The average molecular weight is 513 g/mol. The lowest BCUT2D eigenvalue weighted by molar-refractivity contribution is -0.134. The molecular formula is C23H24Cl3N3O2S. The summed E-state index contributed by atoms with van der Waals surface area (Å²) < 4.78 is 0.573. The number of Topliss-reactive ketones (excluding diaryl/α,β-unsaturated/α-hetero) is 1. The van der Waals surface area contributed by atoms with Gasteiger partial charge in [0.2, 0.25) is 5.91 Å². The van der Waals surface area contributed by atoms with Crippen LogP contribution >= 0.6 is 46.1 Å². The molecule has 0 spiro atoms. The smallest absolute Gasteiger partial charge is 0.230 e. The van der Waals surface area contributed by atoms with E-state index in [4.69, 9.17) is 40.5 Å². The van der Waals surface area contributed by atoms with Gasteiger partial charge in [-0.05, 0) is 50.1 Å². The first-order valence-corrected chi connectivity index (χ1v) is 12.3. The number of thiophene rings is 1. The third kappa shape index (κ3) is 6.35. The Balaban J connectivity index is 1.91. The van der Waals surface area contributed by atoms with Crippen LogP contribution in [0.25, 0.3) is 0 Å². The van der Waals surface area contributed by atoms with E-state index in [1.165, 1.54) is 11.3 Å². The van der Waals surface area contributed by atoms with E-state index < -0.39 is 5.78 Å². The van der Waals surface area contributed by atoms with Gasteiger partial charge < -0.3 is 10.6 Å². The minimum atomic E-state index is -0.422. The number of nitrogens with two attached hydrogens (primary N) is 1. The van der Waals surface area contributed by atoms with Crippen LogP contribution in [-0.2, 0) is 9.59 Å². The Morgan fingerprint density at radius 1 is 1.06 bits per heavy atom. The third-order valence-electron chi connectivity index (χ3n) is 5.28. The number of hydrogen-bond donors (Lipinski definition) is 1. The van der Waals surface area contributed by atoms with Gasteiger partial charge in [-0.1, -0.05) is 47.6 Å². The summed E-state index contributed by atoms with van der Waals surface area (Å²) in [6.07, 6.45) is 3.87. The Morgan fingerprint density at radius 3 is 2.34 bits per heavy atom. The molecule has 0 aliphatic carbocycles. The van der Waals surface area contributed by atoms with Crippen molar-refractivity contribution >= 4 is 69.2 Å². The SMILES string of the molecule is CC(C(=Nc1ccc(Cl)cc1Cl)c1ccc(Cl)s1)=C(N)C(=O)CC(=O)N1CCCCCC1. The van der Waals surface area contributed by atoms with E-state index in [1.54, 1.807) is 42.2 Å². The molecule has 1 aromatic carbocycles. The maximum Gasteiger partial charge on any atom is 0.230 e. The van der Waals surface area contributed by atoms with E-state index in [0.29, 0.717) is 44.4 Å². The molecule has 0 atom stereocenters. The van der Waals surface area contributed by atoms with Crippen LogP contribution < -0.4 is 5.73 Å². The van der Waals surface area contributed by atoms with E-state index in [2.05, 4.69) is 4.99 Å². The quantitative estimate of drug-likeness (QED) is 0.275. The molecule has 2 aromatic rings. The average Bonchev–Trinajstić information content (AvgIpc) is 3.00. The molecule has 32 heavy (non-hydrogen) atoms. The molecule has 9 heteroatoms. The van der Waals surface area contributed by atoms with Crippen LogP contribution in [-0.4, -0.2) is 35.4 Å². The molecule has 2 heterocycles. The number of ketones is 1. The summed E-state index contributed by atoms with van der Waals surface area (Å²) in [6, 6.07) is 8.51. The summed E-state index contributed by atoms with van der Waals surface area (Å²) in [5.74, 6) is -0.611. The van der Waals surface area contributed by atoms with Crippen LogP contribution in [0.5, 0.6) is 0 Å². The van der Waals surface area contributed by atoms with Crippen molar-refractivity contribution in [3.63, 3.8) is 0 Å². The van der Waals surface area contributed by atoms with Crippen LogP contribution in [0.15, 0.2) is 46.6 Å². The number of likely N-dealkylation sites (tertiary alicyclic amines) is 1. The van der Waals surface area contributed by atoms with E-state index in [0.717, 1.165) is 30.6 Å². The van der Waals surface area contributed by atoms with E-state index in [1.807, 2.05) is 0 Å². The van der Waals surface area contributed by atoms with Crippen molar-refractivity contribution in [1.82, 2.24) is 4.90 Å². The highest BCUT2D eigenvalue weighted by Crippen LogP contribution is 2.32. The van der Waals surface area contributed by atoms with Crippen LogP contribution in [0.1, 0.15) is 43.9 Å². The normalized spacial score (nSPS) is 15.9. The Kier molecular flexibility index (Phi) is 8.77. The lowest BCUT2D eigenvalue weighted by atomic mass is 10.0. The molecule has 1 amide bonds. The first-order valence-electron chi connectivity index (χ1n) is 10.3. The number of carbonyl (C=O) groups is 2. The zero-order valence-electron chi connectivity index (χ0n) is 17.7. The zero-order valence-corrected chi connectivity index (χ0v) is 20.8. The van der Waals surface area contributed by atoms with Gasteiger partial charge in [0.25, 0.3) is 0 Å². The van der Waals surface area contributed by atoms with E-state index in [-0.39, 0.29) is 18.0 Å². The maximum absolute atomic E-state index is 12.9.